The smallest absolute Gasteiger partial charge is 0.141 e. The lowest BCUT2D eigenvalue weighted by atomic mass is 10.1. The van der Waals surface area contributed by atoms with Gasteiger partial charge in [-0.15, -0.1) is 11.8 Å². The van der Waals surface area contributed by atoms with Crippen LogP contribution in [0.3, 0.4) is 0 Å². The fourth-order valence-electron chi connectivity index (χ4n) is 2.30. The number of benzene rings is 2. The summed E-state index contributed by atoms with van der Waals surface area (Å²) < 4.78 is 6.07. The topological polar surface area (TPSA) is 21.3 Å². The van der Waals surface area contributed by atoms with Crippen molar-refractivity contribution in [2.75, 3.05) is 13.6 Å². The molecule has 2 aromatic carbocycles. The molecule has 1 aliphatic heterocycles. The summed E-state index contributed by atoms with van der Waals surface area (Å²) in [5, 5.41) is 3.67. The van der Waals surface area contributed by atoms with Crippen LogP contribution in [-0.2, 0) is 0 Å². The molecular weight excluding hydrogens is 254 g/mol. The molecule has 3 heteroatoms. The highest BCUT2D eigenvalue weighted by Gasteiger charge is 2.23. The predicted molar refractivity (Wildman–Crippen MR) is 80.1 cm³/mol. The van der Waals surface area contributed by atoms with E-state index in [0.717, 1.165) is 24.5 Å². The second-order valence-electron chi connectivity index (χ2n) is 4.59. The minimum absolute atomic E-state index is 0.437. The van der Waals surface area contributed by atoms with E-state index in [0.29, 0.717) is 5.25 Å². The van der Waals surface area contributed by atoms with Crippen molar-refractivity contribution in [2.45, 2.75) is 16.6 Å². The molecule has 19 heavy (non-hydrogen) atoms. The van der Waals surface area contributed by atoms with E-state index in [-0.39, 0.29) is 0 Å². The van der Waals surface area contributed by atoms with E-state index in [9.17, 15) is 0 Å². The zero-order valence-electron chi connectivity index (χ0n) is 10.9. The lowest BCUT2D eigenvalue weighted by Gasteiger charge is -2.15. The zero-order chi connectivity index (χ0) is 13.1. The first kappa shape index (κ1) is 12.6. The van der Waals surface area contributed by atoms with Gasteiger partial charge in [-0.2, -0.15) is 0 Å². The maximum absolute atomic E-state index is 6.07. The van der Waals surface area contributed by atoms with Crippen LogP contribution in [0, 0.1) is 0 Å². The molecule has 2 aromatic rings. The molecule has 0 bridgehead atoms. The summed E-state index contributed by atoms with van der Waals surface area (Å²) in [4.78, 5) is 1.22. The van der Waals surface area contributed by atoms with Gasteiger partial charge in [0.2, 0.25) is 0 Å². The van der Waals surface area contributed by atoms with E-state index < -0.39 is 0 Å². The van der Waals surface area contributed by atoms with Crippen LogP contribution >= 0.6 is 11.8 Å². The third-order valence-corrected chi connectivity index (χ3v) is 4.63. The number of thioether (sulfide) groups is 1. The molecule has 0 aliphatic carbocycles. The number of fused-ring (bicyclic) bond motifs is 2. The normalized spacial score (nSPS) is 17.0. The molecule has 0 amide bonds. The first-order chi connectivity index (χ1) is 9.38. The quantitative estimate of drug-likeness (QED) is 0.902. The Kier molecular flexibility index (Phi) is 3.76. The largest absolute Gasteiger partial charge is 0.456 e. The summed E-state index contributed by atoms with van der Waals surface area (Å²) in [5.74, 6) is 1.95. The molecule has 1 atom stereocenters. The molecular formula is C16H17NOS. The van der Waals surface area contributed by atoms with Crippen LogP contribution in [0.25, 0.3) is 0 Å². The van der Waals surface area contributed by atoms with Crippen LogP contribution in [0.2, 0.25) is 0 Å². The molecule has 0 radical (unpaired) electrons. The Morgan fingerprint density at radius 2 is 1.79 bits per heavy atom. The average Bonchev–Trinajstić information content (AvgIpc) is 2.61. The van der Waals surface area contributed by atoms with Gasteiger partial charge in [0.1, 0.15) is 11.5 Å². The van der Waals surface area contributed by atoms with Crippen molar-refractivity contribution >= 4 is 11.8 Å². The van der Waals surface area contributed by atoms with Crippen LogP contribution in [0.1, 0.15) is 17.2 Å². The maximum atomic E-state index is 6.07. The van der Waals surface area contributed by atoms with Gasteiger partial charge in [0.25, 0.3) is 0 Å². The number of para-hydroxylation sites is 2. The highest BCUT2D eigenvalue weighted by atomic mass is 32.2. The van der Waals surface area contributed by atoms with Crippen molar-refractivity contribution in [3.63, 3.8) is 0 Å². The molecule has 0 saturated carbocycles. The molecule has 1 heterocycles. The van der Waals surface area contributed by atoms with Gasteiger partial charge in [0, 0.05) is 10.8 Å². The summed E-state index contributed by atoms with van der Waals surface area (Å²) in [6.45, 7) is 1.01. The molecule has 1 aliphatic rings. The number of nitrogens with one attached hydrogen (secondary N) is 1. The van der Waals surface area contributed by atoms with Gasteiger partial charge >= 0.3 is 0 Å². The monoisotopic (exact) mass is 271 g/mol. The first-order valence-electron chi connectivity index (χ1n) is 6.55. The van der Waals surface area contributed by atoms with Crippen LogP contribution in [0.15, 0.2) is 53.4 Å². The van der Waals surface area contributed by atoms with E-state index in [1.807, 2.05) is 37.0 Å². The standard InChI is InChI=1S/C16H17NOS/c1-17-11-10-15-12-6-2-3-7-13(12)18-14-8-4-5-9-16(14)19-15/h2-9,15,17H,10-11H2,1H3/t15-/m0/s1. The highest BCUT2D eigenvalue weighted by molar-refractivity contribution is 7.99. The molecule has 0 spiro atoms. The van der Waals surface area contributed by atoms with E-state index in [1.54, 1.807) is 0 Å². The Morgan fingerprint density at radius 3 is 2.63 bits per heavy atom. The van der Waals surface area contributed by atoms with E-state index in [4.69, 9.17) is 4.74 Å². The van der Waals surface area contributed by atoms with Gasteiger partial charge < -0.3 is 10.1 Å². The van der Waals surface area contributed by atoms with Gasteiger partial charge in [-0.25, -0.2) is 0 Å². The summed E-state index contributed by atoms with van der Waals surface area (Å²) in [7, 11) is 2.00. The molecule has 0 aromatic heterocycles. The Hall–Kier alpha value is -1.45. The molecule has 2 nitrogen and oxygen atoms in total. The second-order valence-corrected chi connectivity index (χ2v) is 5.83. The number of ether oxygens (including phenoxy) is 1. The van der Waals surface area contributed by atoms with E-state index in [2.05, 4.69) is 35.6 Å². The van der Waals surface area contributed by atoms with Gasteiger partial charge in [-0.05, 0) is 38.2 Å². The molecule has 0 unspecified atom stereocenters. The third-order valence-electron chi connectivity index (χ3n) is 3.26. The predicted octanol–water partition coefficient (Wildman–Crippen LogP) is 4.24. The molecule has 0 fully saturated rings. The van der Waals surface area contributed by atoms with Crippen molar-refractivity contribution in [1.82, 2.24) is 5.32 Å². The Bertz CT molecular complexity index is 570. The van der Waals surface area contributed by atoms with Crippen LogP contribution in [-0.4, -0.2) is 13.6 Å². The van der Waals surface area contributed by atoms with Gasteiger partial charge in [0.05, 0.1) is 4.90 Å². The van der Waals surface area contributed by atoms with E-state index in [1.165, 1.54) is 10.5 Å². The summed E-state index contributed by atoms with van der Waals surface area (Å²) in [5.41, 5.74) is 1.29. The van der Waals surface area contributed by atoms with Crippen molar-refractivity contribution in [3.8, 4) is 11.5 Å². The Morgan fingerprint density at radius 1 is 1.05 bits per heavy atom. The third kappa shape index (κ3) is 2.62. The van der Waals surface area contributed by atoms with Crippen LogP contribution in [0.4, 0.5) is 0 Å². The fourth-order valence-corrected chi connectivity index (χ4v) is 3.54. The Balaban J connectivity index is 2.01. The lowest BCUT2D eigenvalue weighted by molar-refractivity contribution is 0.467. The minimum atomic E-state index is 0.437. The lowest BCUT2D eigenvalue weighted by Crippen LogP contribution is -2.10. The van der Waals surface area contributed by atoms with Crippen molar-refractivity contribution in [3.05, 3.63) is 54.1 Å². The molecule has 3 rings (SSSR count). The van der Waals surface area contributed by atoms with Crippen molar-refractivity contribution in [1.29, 1.82) is 0 Å². The van der Waals surface area contributed by atoms with Gasteiger partial charge in [-0.1, -0.05) is 30.3 Å². The zero-order valence-corrected chi connectivity index (χ0v) is 11.7. The molecule has 0 saturated heterocycles. The summed E-state index contributed by atoms with van der Waals surface area (Å²) >= 11 is 1.90. The summed E-state index contributed by atoms with van der Waals surface area (Å²) in [6, 6.07) is 16.6. The van der Waals surface area contributed by atoms with Gasteiger partial charge in [0.15, 0.2) is 0 Å². The maximum Gasteiger partial charge on any atom is 0.141 e. The molecule has 1 N–H and O–H groups in total. The number of rotatable bonds is 3. The van der Waals surface area contributed by atoms with Crippen molar-refractivity contribution < 1.29 is 4.74 Å². The summed E-state index contributed by atoms with van der Waals surface area (Å²) in [6.07, 6.45) is 1.09. The van der Waals surface area contributed by atoms with Gasteiger partial charge in [-0.3, -0.25) is 0 Å². The fraction of sp³-hybridized carbons (Fsp3) is 0.250. The Labute approximate surface area is 118 Å². The van der Waals surface area contributed by atoms with Crippen LogP contribution in [0.5, 0.6) is 11.5 Å². The average molecular weight is 271 g/mol. The number of hydrogen-bond acceptors (Lipinski definition) is 3. The second kappa shape index (κ2) is 5.68. The number of hydrogen-bond donors (Lipinski definition) is 1. The molecule has 98 valence electrons. The highest BCUT2D eigenvalue weighted by Crippen LogP contribution is 2.49. The van der Waals surface area contributed by atoms with E-state index >= 15 is 0 Å². The SMILES string of the molecule is CNCC[C@@H]1Sc2ccccc2Oc2ccccc21. The van der Waals surface area contributed by atoms with Crippen LogP contribution < -0.4 is 10.1 Å². The minimum Gasteiger partial charge on any atom is -0.456 e. The first-order valence-corrected chi connectivity index (χ1v) is 7.43. The van der Waals surface area contributed by atoms with Crippen molar-refractivity contribution in [2.24, 2.45) is 0 Å².